The van der Waals surface area contributed by atoms with E-state index in [1.807, 2.05) is 13.8 Å². The van der Waals surface area contributed by atoms with Crippen molar-refractivity contribution in [3.63, 3.8) is 0 Å². The van der Waals surface area contributed by atoms with Crippen LogP contribution < -0.4 is 0 Å². The Labute approximate surface area is 107 Å². The Bertz CT molecular complexity index is 331. The van der Waals surface area contributed by atoms with Crippen molar-refractivity contribution in [2.45, 2.75) is 13.8 Å². The second-order valence-corrected chi connectivity index (χ2v) is 11.6. The molecule has 0 saturated heterocycles. The molecule has 6 nitrogen and oxygen atoms in total. The van der Waals surface area contributed by atoms with Crippen LogP contribution in [0.5, 0.6) is 0 Å². The van der Waals surface area contributed by atoms with Gasteiger partial charge in [-0.2, -0.15) is 0 Å². The van der Waals surface area contributed by atoms with Gasteiger partial charge in [0.2, 0.25) is 0 Å². The molecular weight excluding hydrogens is 288 g/mol. The van der Waals surface area contributed by atoms with E-state index in [0.717, 1.165) is 11.5 Å². The first-order valence-corrected chi connectivity index (χ1v) is 11.0. The van der Waals surface area contributed by atoms with E-state index in [0.29, 0.717) is 0 Å². The molecule has 0 aliphatic heterocycles. The van der Waals surface area contributed by atoms with Gasteiger partial charge in [0.1, 0.15) is 36.5 Å². The summed E-state index contributed by atoms with van der Waals surface area (Å²) < 4.78 is 55.2. The summed E-state index contributed by atoms with van der Waals surface area (Å²) in [5, 5.41) is 0. The maximum atomic E-state index is 10.6. The third-order valence-electron chi connectivity index (χ3n) is 1.39. The molecule has 0 aliphatic rings. The molecule has 108 valence electrons. The van der Waals surface area contributed by atoms with Gasteiger partial charge in [-0.1, -0.05) is 0 Å². The molecule has 0 bridgehead atoms. The lowest BCUT2D eigenvalue weighted by Gasteiger charge is -2.06. The van der Waals surface area contributed by atoms with Gasteiger partial charge in [-0.3, -0.25) is 8.42 Å². The largest absolute Gasteiger partial charge is 0.759 e. The van der Waals surface area contributed by atoms with Crippen molar-refractivity contribution < 1.29 is 25.9 Å². The van der Waals surface area contributed by atoms with Crippen molar-refractivity contribution in [1.29, 1.82) is 0 Å². The van der Waals surface area contributed by atoms with E-state index < -0.39 is 30.3 Å². The summed E-state index contributed by atoms with van der Waals surface area (Å²) >= 11 is 0. The fourth-order valence-corrected chi connectivity index (χ4v) is 0. The SMILES string of the molecule is CC[S+](C)(C)=O.CC[S+](C)(C)=O.O=S(=O)([O-])[O-]. The molecule has 0 fully saturated rings. The van der Waals surface area contributed by atoms with Crippen LogP contribution in [-0.4, -0.2) is 54.1 Å². The van der Waals surface area contributed by atoms with Crippen LogP contribution in [0.2, 0.25) is 0 Å². The molecule has 0 aromatic heterocycles. The summed E-state index contributed by atoms with van der Waals surface area (Å²) in [5.41, 5.74) is 0. The predicted octanol–water partition coefficient (Wildman–Crippen LogP) is 0.193. The fourth-order valence-electron chi connectivity index (χ4n) is 0. The standard InChI is InChI=1S/2C4H11OS.H2O4S/c2*1-4-6(2,3)5;1-5(2,3)4/h2*4H2,1-3H3;(H2,1,2,3,4)/q2*+1;/p-2. The lowest BCUT2D eigenvalue weighted by atomic mass is 11.0. The molecule has 0 aromatic carbocycles. The summed E-state index contributed by atoms with van der Waals surface area (Å²) in [4.78, 5) is 0. The minimum absolute atomic E-state index is 0.799. The Morgan fingerprint density at radius 1 is 0.824 bits per heavy atom. The van der Waals surface area contributed by atoms with Gasteiger partial charge in [0, 0.05) is 10.4 Å². The van der Waals surface area contributed by atoms with Gasteiger partial charge in [0.25, 0.3) is 0 Å². The summed E-state index contributed by atoms with van der Waals surface area (Å²) in [6.45, 7) is 3.87. The van der Waals surface area contributed by atoms with Crippen LogP contribution in [0.25, 0.3) is 0 Å². The molecule has 9 heteroatoms. The van der Waals surface area contributed by atoms with Gasteiger partial charge in [0.15, 0.2) is 0 Å². The molecule has 0 radical (unpaired) electrons. The Balaban J connectivity index is -0.000000174. The highest BCUT2D eigenvalue weighted by Crippen LogP contribution is 1.88. The molecule has 0 rings (SSSR count). The average Bonchev–Trinajstić information content (AvgIpc) is 2.00. The summed E-state index contributed by atoms with van der Waals surface area (Å²) in [5.74, 6) is 1.60. The van der Waals surface area contributed by atoms with Gasteiger partial charge >= 0.3 is 0 Å². The monoisotopic (exact) mass is 310 g/mol. The van der Waals surface area contributed by atoms with Crippen LogP contribution in [0.4, 0.5) is 0 Å². The summed E-state index contributed by atoms with van der Waals surface area (Å²) in [6.07, 6.45) is 7.08. The number of rotatable bonds is 2. The second kappa shape index (κ2) is 9.15. The fraction of sp³-hybridized carbons (Fsp3) is 1.00. The smallest absolute Gasteiger partial charge is 0.108 e. The molecule has 0 amide bonds. The quantitative estimate of drug-likeness (QED) is 0.408. The lowest BCUT2D eigenvalue weighted by molar-refractivity contribution is 0.352. The lowest BCUT2D eigenvalue weighted by Crippen LogP contribution is -2.05. The zero-order chi connectivity index (χ0) is 14.9. The van der Waals surface area contributed by atoms with E-state index in [9.17, 15) is 8.42 Å². The molecule has 0 aliphatic carbocycles. The molecule has 0 saturated carbocycles. The first kappa shape index (κ1) is 22.4. The Morgan fingerprint density at radius 3 is 0.882 bits per heavy atom. The molecule has 0 unspecified atom stereocenters. The number of hydrogen-bond acceptors (Lipinski definition) is 6. The van der Waals surface area contributed by atoms with Crippen LogP contribution in [0.15, 0.2) is 0 Å². The van der Waals surface area contributed by atoms with E-state index in [2.05, 4.69) is 0 Å². The van der Waals surface area contributed by atoms with Crippen LogP contribution in [0.3, 0.4) is 0 Å². The van der Waals surface area contributed by atoms with Gasteiger partial charge in [-0.25, -0.2) is 0 Å². The highest BCUT2D eigenvalue weighted by molar-refractivity contribution is 8.01. The third kappa shape index (κ3) is 85.3. The maximum absolute atomic E-state index is 10.6. The van der Waals surface area contributed by atoms with Gasteiger partial charge in [-0.05, 0) is 13.8 Å². The van der Waals surface area contributed by atoms with Gasteiger partial charge in [0.05, 0.1) is 19.9 Å². The molecule has 0 atom stereocenters. The zero-order valence-corrected chi connectivity index (χ0v) is 13.5. The minimum atomic E-state index is -5.17. The van der Waals surface area contributed by atoms with Crippen molar-refractivity contribution in [3.8, 4) is 0 Å². The van der Waals surface area contributed by atoms with E-state index in [4.69, 9.17) is 17.5 Å². The van der Waals surface area contributed by atoms with Crippen LogP contribution in [0, 0.1) is 0 Å². The zero-order valence-electron chi connectivity index (χ0n) is 11.1. The Morgan fingerprint density at radius 2 is 0.882 bits per heavy atom. The minimum Gasteiger partial charge on any atom is -0.759 e. The molecule has 17 heavy (non-hydrogen) atoms. The van der Waals surface area contributed by atoms with Crippen LogP contribution >= 0.6 is 0 Å². The highest BCUT2D eigenvalue weighted by Gasteiger charge is 2.04. The van der Waals surface area contributed by atoms with Crippen molar-refractivity contribution >= 4 is 30.3 Å². The van der Waals surface area contributed by atoms with E-state index in [1.54, 1.807) is 25.0 Å². The molecule has 0 aromatic rings. The predicted molar refractivity (Wildman–Crippen MR) is 71.4 cm³/mol. The van der Waals surface area contributed by atoms with Crippen molar-refractivity contribution in [1.82, 2.24) is 0 Å². The Hall–Kier alpha value is 0.170. The second-order valence-electron chi connectivity index (χ2n) is 3.86. The van der Waals surface area contributed by atoms with E-state index in [1.165, 1.54) is 0 Å². The first-order valence-electron chi connectivity index (χ1n) is 4.62. The molecule has 0 N–H and O–H groups in total. The molecule has 0 heterocycles. The van der Waals surface area contributed by atoms with Crippen molar-refractivity contribution in [3.05, 3.63) is 0 Å². The topological polar surface area (TPSA) is 114 Å². The average molecular weight is 310 g/mol. The highest BCUT2D eigenvalue weighted by atomic mass is 32.3. The first-order chi connectivity index (χ1) is 7.12. The van der Waals surface area contributed by atoms with Crippen molar-refractivity contribution in [2.24, 2.45) is 0 Å². The normalized spacial score (nSPS) is 11.8. The van der Waals surface area contributed by atoms with Gasteiger partial charge in [-0.15, -0.1) is 8.42 Å². The summed E-state index contributed by atoms with van der Waals surface area (Å²) in [6, 6.07) is 0. The summed E-state index contributed by atoms with van der Waals surface area (Å²) in [7, 11) is -7.99. The van der Waals surface area contributed by atoms with Crippen LogP contribution in [-0.2, 0) is 38.7 Å². The molecular formula is C8H22O6S3. The maximum Gasteiger partial charge on any atom is 0.108 e. The van der Waals surface area contributed by atoms with Gasteiger partial charge < -0.3 is 9.11 Å². The van der Waals surface area contributed by atoms with E-state index in [-0.39, 0.29) is 0 Å². The third-order valence-corrected chi connectivity index (χ3v) is 4.17. The van der Waals surface area contributed by atoms with E-state index >= 15 is 0 Å². The van der Waals surface area contributed by atoms with Crippen molar-refractivity contribution in [2.75, 3.05) is 36.5 Å². The number of hydrogen-bond donors (Lipinski definition) is 0. The van der Waals surface area contributed by atoms with Crippen LogP contribution in [0.1, 0.15) is 13.8 Å². The molecule has 0 spiro atoms. The Kier molecular flexibility index (Phi) is 12.0.